The molecule has 3 N–H and O–H groups in total. The van der Waals surface area contributed by atoms with E-state index >= 15 is 0 Å². The highest BCUT2D eigenvalue weighted by Crippen LogP contribution is 2.42. The first kappa shape index (κ1) is 31.5. The van der Waals surface area contributed by atoms with Crippen LogP contribution in [-0.4, -0.2) is 62.1 Å². The third-order valence-electron chi connectivity index (χ3n) is 6.35. The van der Waals surface area contributed by atoms with Crippen LogP contribution in [0.4, 0.5) is 5.82 Å². The first-order valence-electron chi connectivity index (χ1n) is 13.4. The van der Waals surface area contributed by atoms with Gasteiger partial charge in [0.15, 0.2) is 23.1 Å². The number of anilines is 1. The van der Waals surface area contributed by atoms with E-state index in [1.165, 1.54) is 26.4 Å². The number of rotatable bonds is 12. The number of sulfonamides is 1. The summed E-state index contributed by atoms with van der Waals surface area (Å²) in [7, 11) is -1.18. The quantitative estimate of drug-likeness (QED) is 0.205. The molecule has 0 amide bonds. The molecular formula is C31H35N3O8S. The number of benzene rings is 3. The third-order valence-corrected chi connectivity index (χ3v) is 7.70. The molecule has 1 aromatic heterocycles. The lowest BCUT2D eigenvalue weighted by Crippen LogP contribution is -2.22. The van der Waals surface area contributed by atoms with Crippen LogP contribution in [0.15, 0.2) is 77.7 Å². The molecule has 0 fully saturated rings. The minimum atomic E-state index is -4.18. The Kier molecular flexibility index (Phi) is 9.74. The van der Waals surface area contributed by atoms with E-state index in [1.54, 1.807) is 60.7 Å². The van der Waals surface area contributed by atoms with Crippen LogP contribution < -0.4 is 23.7 Å². The second kappa shape index (κ2) is 13.3. The number of hydrogen-bond donors (Lipinski definition) is 3. The number of nitrogens with zero attached hydrogens (tertiary/aromatic N) is 2. The van der Waals surface area contributed by atoms with Crippen molar-refractivity contribution in [1.29, 1.82) is 0 Å². The van der Waals surface area contributed by atoms with Crippen LogP contribution in [0.3, 0.4) is 0 Å². The largest absolute Gasteiger partial charge is 0.497 e. The van der Waals surface area contributed by atoms with E-state index < -0.39 is 22.7 Å². The zero-order chi connectivity index (χ0) is 31.2. The molecule has 0 saturated carbocycles. The molecule has 3 aromatic carbocycles. The maximum Gasteiger partial charge on any atom is 0.263 e. The van der Waals surface area contributed by atoms with Gasteiger partial charge in [0, 0.05) is 5.56 Å². The smallest absolute Gasteiger partial charge is 0.263 e. The number of aliphatic hydroxyl groups excluding tert-OH is 2. The predicted octanol–water partition coefficient (Wildman–Crippen LogP) is 4.78. The molecule has 0 bridgehead atoms. The Morgan fingerprint density at radius 2 is 1.53 bits per heavy atom. The molecule has 0 radical (unpaired) electrons. The van der Waals surface area contributed by atoms with Crippen LogP contribution in [0.5, 0.6) is 28.9 Å². The molecular weight excluding hydrogens is 574 g/mol. The predicted molar refractivity (Wildman–Crippen MR) is 162 cm³/mol. The number of nitrogens with one attached hydrogen (secondary N) is 1. The lowest BCUT2D eigenvalue weighted by Gasteiger charge is -2.20. The lowest BCUT2D eigenvalue weighted by atomic mass is 9.87. The summed E-state index contributed by atoms with van der Waals surface area (Å²) in [4.78, 5) is 9.02. The average Bonchev–Trinajstić information content (AvgIpc) is 3.00. The fraction of sp³-hybridized carbons (Fsp3) is 0.290. The van der Waals surface area contributed by atoms with Crippen LogP contribution >= 0.6 is 0 Å². The molecule has 4 aromatic rings. The van der Waals surface area contributed by atoms with Gasteiger partial charge in [-0.3, -0.25) is 4.72 Å². The summed E-state index contributed by atoms with van der Waals surface area (Å²) in [6, 6.07) is 20.1. The molecule has 0 spiro atoms. The molecule has 0 saturated heterocycles. The molecule has 11 nitrogen and oxygen atoms in total. The van der Waals surface area contributed by atoms with Crippen molar-refractivity contribution in [2.24, 2.45) is 0 Å². The zero-order valence-electron chi connectivity index (χ0n) is 24.6. The van der Waals surface area contributed by atoms with Crippen LogP contribution in [-0.2, 0) is 15.4 Å². The van der Waals surface area contributed by atoms with Gasteiger partial charge in [-0.05, 0) is 59.5 Å². The number of para-hydroxylation sites is 2. The van der Waals surface area contributed by atoms with E-state index in [4.69, 9.17) is 18.9 Å². The monoisotopic (exact) mass is 609 g/mol. The summed E-state index contributed by atoms with van der Waals surface area (Å²) < 4.78 is 52.4. The Morgan fingerprint density at radius 3 is 2.12 bits per heavy atom. The van der Waals surface area contributed by atoms with E-state index in [1.807, 2.05) is 20.8 Å². The third kappa shape index (κ3) is 7.72. The standard InChI is InChI=1S/C31H35N3O8S/c1-31(2,3)21-12-16-24(17-13-21)43(37,38)34-29-27(42-26-9-7-6-8-25(26)40-5)30(41-19-22(36)18-35)33-28(32-29)20-10-14-23(39-4)15-11-20/h6-17,22,35-36H,18-19H2,1-5H3,(H,32,33,34). The van der Waals surface area contributed by atoms with Crippen LogP contribution in [0, 0.1) is 0 Å². The summed E-state index contributed by atoms with van der Waals surface area (Å²) in [5.74, 6) is 0.705. The Bertz CT molecular complexity index is 1640. The van der Waals surface area contributed by atoms with Crippen molar-refractivity contribution in [3.05, 3.63) is 78.4 Å². The second-order valence-electron chi connectivity index (χ2n) is 10.5. The molecule has 4 rings (SSSR count). The van der Waals surface area contributed by atoms with Gasteiger partial charge in [-0.15, -0.1) is 0 Å². The first-order chi connectivity index (χ1) is 20.4. The van der Waals surface area contributed by atoms with E-state index in [-0.39, 0.29) is 45.9 Å². The maximum atomic E-state index is 13.7. The van der Waals surface area contributed by atoms with E-state index in [2.05, 4.69) is 14.7 Å². The highest BCUT2D eigenvalue weighted by atomic mass is 32.2. The molecule has 0 aliphatic carbocycles. The molecule has 43 heavy (non-hydrogen) atoms. The number of ether oxygens (including phenoxy) is 4. The highest BCUT2D eigenvalue weighted by molar-refractivity contribution is 7.92. The van der Waals surface area contributed by atoms with Crippen molar-refractivity contribution in [2.45, 2.75) is 37.2 Å². The van der Waals surface area contributed by atoms with Crippen molar-refractivity contribution in [2.75, 3.05) is 32.2 Å². The van der Waals surface area contributed by atoms with E-state index in [0.29, 0.717) is 17.1 Å². The normalized spacial score (nSPS) is 12.3. The van der Waals surface area contributed by atoms with Gasteiger partial charge < -0.3 is 29.2 Å². The van der Waals surface area contributed by atoms with E-state index in [9.17, 15) is 18.6 Å². The van der Waals surface area contributed by atoms with Crippen molar-refractivity contribution in [3.63, 3.8) is 0 Å². The minimum Gasteiger partial charge on any atom is -0.497 e. The number of hydrogen-bond acceptors (Lipinski definition) is 10. The Morgan fingerprint density at radius 1 is 0.884 bits per heavy atom. The van der Waals surface area contributed by atoms with Gasteiger partial charge in [0.05, 0.1) is 25.7 Å². The molecule has 0 aliphatic rings. The fourth-order valence-electron chi connectivity index (χ4n) is 3.92. The summed E-state index contributed by atoms with van der Waals surface area (Å²) in [5.41, 5.74) is 1.32. The number of aromatic nitrogens is 2. The van der Waals surface area contributed by atoms with Crippen molar-refractivity contribution >= 4 is 15.8 Å². The van der Waals surface area contributed by atoms with Crippen molar-refractivity contribution in [3.8, 4) is 40.3 Å². The molecule has 12 heteroatoms. The van der Waals surface area contributed by atoms with Gasteiger partial charge in [0.1, 0.15) is 18.5 Å². The molecule has 1 atom stereocenters. The zero-order valence-corrected chi connectivity index (χ0v) is 25.4. The second-order valence-corrected chi connectivity index (χ2v) is 12.2. The van der Waals surface area contributed by atoms with Gasteiger partial charge >= 0.3 is 0 Å². The van der Waals surface area contributed by atoms with Gasteiger partial charge in [-0.2, -0.15) is 4.98 Å². The van der Waals surface area contributed by atoms with E-state index in [0.717, 1.165) is 5.56 Å². The molecule has 1 unspecified atom stereocenters. The Balaban J connectivity index is 1.87. The van der Waals surface area contributed by atoms with Gasteiger partial charge in [0.2, 0.25) is 5.75 Å². The minimum absolute atomic E-state index is 0.00604. The summed E-state index contributed by atoms with van der Waals surface area (Å²) in [6.07, 6.45) is -1.24. The van der Waals surface area contributed by atoms with Crippen LogP contribution in [0.2, 0.25) is 0 Å². The molecule has 1 heterocycles. The Hall–Kier alpha value is -4.39. The summed E-state index contributed by atoms with van der Waals surface area (Å²) in [6.45, 7) is 5.18. The van der Waals surface area contributed by atoms with Crippen molar-refractivity contribution in [1.82, 2.24) is 9.97 Å². The number of aliphatic hydroxyl groups is 2. The van der Waals surface area contributed by atoms with Crippen molar-refractivity contribution < 1.29 is 37.6 Å². The summed E-state index contributed by atoms with van der Waals surface area (Å²) >= 11 is 0. The molecule has 0 aliphatic heterocycles. The van der Waals surface area contributed by atoms with Gasteiger partial charge in [0.25, 0.3) is 15.9 Å². The lowest BCUT2D eigenvalue weighted by molar-refractivity contribution is 0.0513. The topological polar surface area (TPSA) is 149 Å². The first-order valence-corrected chi connectivity index (χ1v) is 14.9. The maximum absolute atomic E-state index is 13.7. The Labute approximate surface area is 251 Å². The molecule has 228 valence electrons. The summed E-state index contributed by atoms with van der Waals surface area (Å²) in [5, 5.41) is 19.4. The van der Waals surface area contributed by atoms with Crippen LogP contribution in [0.25, 0.3) is 11.4 Å². The van der Waals surface area contributed by atoms with Gasteiger partial charge in [-0.1, -0.05) is 45.0 Å². The SMILES string of the molecule is COc1ccc(-c2nc(NS(=O)(=O)c3ccc(C(C)(C)C)cc3)c(Oc3ccccc3OC)c(OCC(O)CO)n2)cc1. The van der Waals surface area contributed by atoms with Crippen LogP contribution in [0.1, 0.15) is 26.3 Å². The number of methoxy groups -OCH3 is 2. The average molecular weight is 610 g/mol. The van der Waals surface area contributed by atoms with Gasteiger partial charge in [-0.25, -0.2) is 13.4 Å². The highest BCUT2D eigenvalue weighted by Gasteiger charge is 2.26. The fourth-order valence-corrected chi connectivity index (χ4v) is 4.92.